The molecule has 3 amide bonds. The number of halogens is 9. The van der Waals surface area contributed by atoms with Crippen molar-refractivity contribution in [1.82, 2.24) is 9.80 Å². The van der Waals surface area contributed by atoms with Gasteiger partial charge in [0.15, 0.2) is 0 Å². The predicted molar refractivity (Wildman–Crippen MR) is 155 cm³/mol. The Kier molecular flexibility index (Phi) is 10.2. The number of imide groups is 1. The van der Waals surface area contributed by atoms with Crippen molar-refractivity contribution in [3.63, 3.8) is 0 Å². The number of hydrogen-bond acceptors (Lipinski definition) is 8. The molecule has 0 unspecified atom stereocenters. The van der Waals surface area contributed by atoms with Crippen LogP contribution in [0.2, 0.25) is 0 Å². The molecule has 282 valence electrons. The molecular weight excluding hydrogens is 735 g/mol. The Bertz CT molecular complexity index is 1780. The van der Waals surface area contributed by atoms with E-state index in [4.69, 9.17) is 9.47 Å². The van der Waals surface area contributed by atoms with Crippen LogP contribution >= 0.6 is 0 Å². The summed E-state index contributed by atoms with van der Waals surface area (Å²) in [5.41, 5.74) is -0.0119. The normalized spacial score (nSPS) is 19.1. The number of amides is 3. The molecule has 2 aromatic carbocycles. The second-order valence-electron chi connectivity index (χ2n) is 12.7. The summed E-state index contributed by atoms with van der Waals surface area (Å²) in [6, 6.07) is 7.87. The molecule has 1 saturated heterocycles. The van der Waals surface area contributed by atoms with Gasteiger partial charge in [-0.05, 0) is 68.5 Å². The summed E-state index contributed by atoms with van der Waals surface area (Å²) >= 11 is 0. The van der Waals surface area contributed by atoms with Crippen LogP contribution in [0.4, 0.5) is 49.1 Å². The van der Waals surface area contributed by atoms with E-state index >= 15 is 0 Å². The van der Waals surface area contributed by atoms with E-state index in [0.29, 0.717) is 28.2 Å². The van der Waals surface area contributed by atoms with Crippen LogP contribution in [0.1, 0.15) is 54.6 Å². The van der Waals surface area contributed by atoms with E-state index in [0.717, 1.165) is 12.1 Å². The lowest BCUT2D eigenvalue weighted by Gasteiger charge is -2.39. The van der Waals surface area contributed by atoms with E-state index < -0.39 is 74.7 Å². The first-order valence-electron chi connectivity index (χ1n) is 14.7. The third-order valence-corrected chi connectivity index (χ3v) is 9.21. The van der Waals surface area contributed by atoms with Crippen LogP contribution in [0.3, 0.4) is 0 Å². The maximum Gasteiger partial charge on any atom is 0.460 e. The number of benzene rings is 2. The first-order valence-corrected chi connectivity index (χ1v) is 16.1. The summed E-state index contributed by atoms with van der Waals surface area (Å²) in [7, 11) is -7.15. The quantitative estimate of drug-likeness (QED) is 0.214. The molecule has 4 rings (SSSR count). The smallest absolute Gasteiger partial charge is 0.460 e. The van der Waals surface area contributed by atoms with E-state index in [-0.39, 0.29) is 44.0 Å². The molecule has 0 spiro atoms. The highest BCUT2D eigenvalue weighted by molar-refractivity contribution is 7.88. The van der Waals surface area contributed by atoms with Gasteiger partial charge in [-0.3, -0.25) is 4.79 Å². The minimum absolute atomic E-state index is 0.00238. The monoisotopic (exact) mass is 764 g/mol. The largest absolute Gasteiger partial charge is 0.493 e. The lowest BCUT2D eigenvalue weighted by Crippen LogP contribution is -2.63. The van der Waals surface area contributed by atoms with Crippen molar-refractivity contribution in [3.05, 3.63) is 59.2 Å². The zero-order valence-corrected chi connectivity index (χ0v) is 27.5. The molecule has 21 heteroatoms. The van der Waals surface area contributed by atoms with Crippen molar-refractivity contribution in [2.75, 3.05) is 19.7 Å². The van der Waals surface area contributed by atoms with E-state index in [1.165, 1.54) is 23.1 Å². The van der Waals surface area contributed by atoms with Crippen LogP contribution in [-0.2, 0) is 21.4 Å². The number of hydrogen-bond donors (Lipinski definition) is 1. The number of nitrogens with zero attached hydrogens (tertiary/aromatic N) is 2. The van der Waals surface area contributed by atoms with Crippen molar-refractivity contribution in [3.8, 4) is 11.5 Å². The Morgan fingerprint density at radius 1 is 0.902 bits per heavy atom. The van der Waals surface area contributed by atoms with Crippen molar-refractivity contribution < 1.29 is 81.1 Å². The molecule has 2 aromatic rings. The second kappa shape index (κ2) is 13.3. The number of fused-ring (bicyclic) bond motifs is 1. The van der Waals surface area contributed by atoms with Gasteiger partial charge >= 0.3 is 45.6 Å². The van der Waals surface area contributed by atoms with Gasteiger partial charge in [0, 0.05) is 24.6 Å². The molecule has 11 nitrogen and oxygen atoms in total. The molecule has 2 aliphatic rings. The highest BCUT2D eigenvalue weighted by atomic mass is 32.2. The van der Waals surface area contributed by atoms with E-state index in [1.807, 2.05) is 0 Å². The summed E-state index contributed by atoms with van der Waals surface area (Å²) in [6.07, 6.45) is -9.17. The van der Waals surface area contributed by atoms with Gasteiger partial charge in [-0.1, -0.05) is 18.2 Å². The molecule has 2 atom stereocenters. The molecule has 1 N–H and O–H groups in total. The number of alkyl halides is 9. The van der Waals surface area contributed by atoms with Crippen molar-refractivity contribution in [1.29, 1.82) is 0 Å². The maximum atomic E-state index is 14.1. The number of piperidine rings is 1. The Morgan fingerprint density at radius 2 is 1.49 bits per heavy atom. The Morgan fingerprint density at radius 3 is 2.04 bits per heavy atom. The van der Waals surface area contributed by atoms with E-state index in [1.54, 1.807) is 20.8 Å². The SMILES string of the molecule is CC(C)(C)OC(=O)N1CC[C@@H](c2ccc(OS(=O)(=O)C(F)(F)C(F)(F)C(F)(F)C(F)(F)F)cc2)[C@H](COc2ccc3c(c2)C(=O)N(C(=O)O)C3)C1. The molecule has 0 radical (unpaired) electrons. The Labute approximate surface area is 284 Å². The lowest BCUT2D eigenvalue weighted by molar-refractivity contribution is -0.382. The average Bonchev–Trinajstić information content (AvgIpc) is 3.34. The molecule has 51 heavy (non-hydrogen) atoms. The minimum Gasteiger partial charge on any atom is -0.493 e. The molecule has 0 bridgehead atoms. The number of rotatable bonds is 9. The number of carbonyl (C=O) groups is 3. The van der Waals surface area contributed by atoms with Gasteiger partial charge in [0.2, 0.25) is 0 Å². The summed E-state index contributed by atoms with van der Waals surface area (Å²) < 4.78 is 159. The van der Waals surface area contributed by atoms with Gasteiger partial charge in [0.1, 0.15) is 17.1 Å². The topological polar surface area (TPSA) is 140 Å². The number of ether oxygens (including phenoxy) is 2. The van der Waals surface area contributed by atoms with Crippen molar-refractivity contribution in [2.45, 2.75) is 68.5 Å². The zero-order valence-electron chi connectivity index (χ0n) is 26.6. The van der Waals surface area contributed by atoms with Crippen molar-refractivity contribution in [2.24, 2.45) is 5.92 Å². The fraction of sp³-hybridized carbons (Fsp3) is 0.500. The lowest BCUT2D eigenvalue weighted by atomic mass is 9.81. The van der Waals surface area contributed by atoms with Gasteiger partial charge in [-0.25, -0.2) is 14.5 Å². The van der Waals surface area contributed by atoms with E-state index in [2.05, 4.69) is 4.18 Å². The summed E-state index contributed by atoms with van der Waals surface area (Å²) in [5, 5.41) is 2.20. The first-order chi connectivity index (χ1) is 23.2. The highest BCUT2D eigenvalue weighted by Gasteiger charge is 2.86. The number of likely N-dealkylation sites (tertiary alicyclic amines) is 1. The first kappa shape index (κ1) is 39.4. The fourth-order valence-corrected chi connectivity index (χ4v) is 6.24. The van der Waals surface area contributed by atoms with Crippen LogP contribution in [0.15, 0.2) is 42.5 Å². The molecule has 1 fully saturated rings. The number of carboxylic acid groups (broad SMARTS) is 1. The second-order valence-corrected chi connectivity index (χ2v) is 14.2. The van der Waals surface area contributed by atoms with Crippen LogP contribution in [0.25, 0.3) is 0 Å². The molecular formula is C30H29F9N2O9S. The number of carbonyl (C=O) groups excluding carboxylic acids is 2. The maximum absolute atomic E-state index is 14.1. The Balaban J connectivity index is 1.56. The Hall–Kier alpha value is -4.43. The summed E-state index contributed by atoms with van der Waals surface area (Å²) in [6.45, 7) is 4.71. The third-order valence-electron chi connectivity index (χ3n) is 7.91. The van der Waals surface area contributed by atoms with Crippen LogP contribution < -0.4 is 8.92 Å². The summed E-state index contributed by atoms with van der Waals surface area (Å²) in [4.78, 5) is 38.7. The van der Waals surface area contributed by atoms with Crippen molar-refractivity contribution >= 4 is 28.2 Å². The standard InChI is InChI=1S/C30H29F9N2O9S/c1-26(2,3)49-25(45)40-11-10-21(18(13-40)15-48-20-9-6-17-14-41(24(43)44)23(42)22(17)12-20)16-4-7-19(8-5-16)50-51(46,47)30(38,39)28(33,34)27(31,32)29(35,36)37/h4-9,12,18,21H,10-11,13-15H2,1-3H3,(H,43,44)/t18-,21-/m0/s1. The zero-order chi connectivity index (χ0) is 38.5. The van der Waals surface area contributed by atoms with Gasteiger partial charge < -0.3 is 23.7 Å². The fourth-order valence-electron chi connectivity index (χ4n) is 5.33. The predicted octanol–water partition coefficient (Wildman–Crippen LogP) is 6.87. The van der Waals surface area contributed by atoms with Gasteiger partial charge in [-0.2, -0.15) is 47.9 Å². The van der Waals surface area contributed by atoms with Gasteiger partial charge in [0.25, 0.3) is 5.91 Å². The molecule has 2 heterocycles. The average molecular weight is 765 g/mol. The highest BCUT2D eigenvalue weighted by Crippen LogP contribution is 2.55. The van der Waals surface area contributed by atoms with E-state index in [9.17, 15) is 67.4 Å². The molecule has 0 aromatic heterocycles. The van der Waals surface area contributed by atoms with Crippen LogP contribution in [-0.4, -0.2) is 90.0 Å². The third kappa shape index (κ3) is 7.62. The van der Waals surface area contributed by atoms with Gasteiger partial charge in [0.05, 0.1) is 13.2 Å². The van der Waals surface area contributed by atoms with Crippen LogP contribution in [0.5, 0.6) is 11.5 Å². The van der Waals surface area contributed by atoms with Gasteiger partial charge in [-0.15, -0.1) is 0 Å². The van der Waals surface area contributed by atoms with Crippen LogP contribution in [0, 0.1) is 5.92 Å². The molecule has 2 aliphatic heterocycles. The molecule has 0 aliphatic carbocycles. The summed E-state index contributed by atoms with van der Waals surface area (Å²) in [5.74, 6) is -17.8. The molecule has 0 saturated carbocycles. The minimum atomic E-state index is -7.46.